The van der Waals surface area contributed by atoms with Gasteiger partial charge in [-0.1, -0.05) is 28.4 Å². The molecular weight excluding hydrogens is 618 g/mol. The average molecular weight is 637 g/mol. The summed E-state index contributed by atoms with van der Waals surface area (Å²) >= 11 is 11.6. The number of hydrogen-bond donors (Lipinski definition) is 3. The average Bonchev–Trinajstić information content (AvgIpc) is 3.54. The van der Waals surface area contributed by atoms with Gasteiger partial charge in [-0.15, -0.1) is 18.3 Å². The zero-order valence-corrected chi connectivity index (χ0v) is 22.6. The maximum atomic E-state index is 14.0. The molecule has 2 aromatic carbocycles. The van der Waals surface area contributed by atoms with E-state index in [0.717, 1.165) is 39.7 Å². The highest BCUT2D eigenvalue weighted by molar-refractivity contribution is 6.31. The number of halogens is 7. The van der Waals surface area contributed by atoms with Gasteiger partial charge >= 0.3 is 6.36 Å². The number of aliphatic hydroxyl groups excluding tert-OH is 3. The number of aryl methyl sites for hydroxylation is 1. The van der Waals surface area contributed by atoms with Crippen LogP contribution in [0.5, 0.6) is 5.75 Å². The number of aliphatic hydroxyl groups is 3. The summed E-state index contributed by atoms with van der Waals surface area (Å²) in [5.74, 6) is -2.99. The summed E-state index contributed by atoms with van der Waals surface area (Å²) in [6, 6.07) is 3.67. The van der Waals surface area contributed by atoms with Crippen LogP contribution in [0.3, 0.4) is 0 Å². The highest BCUT2D eigenvalue weighted by Crippen LogP contribution is 2.40. The zero-order valence-electron chi connectivity index (χ0n) is 21.0. The molecule has 0 unspecified atom stereocenters. The van der Waals surface area contributed by atoms with Gasteiger partial charge in [0.25, 0.3) is 0 Å². The molecule has 3 heterocycles. The lowest BCUT2D eigenvalue weighted by Gasteiger charge is -2.41. The van der Waals surface area contributed by atoms with Gasteiger partial charge in [0.15, 0.2) is 11.6 Å². The first-order valence-corrected chi connectivity index (χ1v) is 12.7. The van der Waals surface area contributed by atoms with Crippen molar-refractivity contribution in [1.82, 2.24) is 29.8 Å². The summed E-state index contributed by atoms with van der Waals surface area (Å²) < 4.78 is 79.3. The summed E-state index contributed by atoms with van der Waals surface area (Å²) in [5.41, 5.74) is -0.413. The Hall–Kier alpha value is -3.41. The van der Waals surface area contributed by atoms with E-state index in [4.69, 9.17) is 27.9 Å². The minimum Gasteiger partial charge on any atom is -0.403 e. The van der Waals surface area contributed by atoms with E-state index < -0.39 is 65.8 Å². The van der Waals surface area contributed by atoms with Gasteiger partial charge in [-0.05, 0) is 37.3 Å². The number of rotatable bonds is 6. The van der Waals surface area contributed by atoms with Crippen molar-refractivity contribution in [2.75, 3.05) is 6.61 Å². The van der Waals surface area contributed by atoms with E-state index in [1.54, 1.807) is 0 Å². The third kappa shape index (κ3) is 5.77. The lowest BCUT2D eigenvalue weighted by molar-refractivity contribution is -0.274. The molecule has 0 radical (unpaired) electrons. The first-order valence-electron chi connectivity index (χ1n) is 12.0. The van der Waals surface area contributed by atoms with E-state index in [-0.39, 0.29) is 33.6 Å². The maximum absolute atomic E-state index is 14.0. The Morgan fingerprint density at radius 3 is 2.40 bits per heavy atom. The van der Waals surface area contributed by atoms with Gasteiger partial charge in [-0.3, -0.25) is 0 Å². The van der Waals surface area contributed by atoms with E-state index in [0.29, 0.717) is 0 Å². The first kappa shape index (κ1) is 30.1. The van der Waals surface area contributed by atoms with Crippen LogP contribution < -0.4 is 4.74 Å². The van der Waals surface area contributed by atoms with Crippen LogP contribution in [0, 0.1) is 18.6 Å². The van der Waals surface area contributed by atoms with Crippen LogP contribution in [-0.2, 0) is 4.74 Å². The van der Waals surface area contributed by atoms with Gasteiger partial charge in [0, 0.05) is 10.6 Å². The summed E-state index contributed by atoms with van der Waals surface area (Å²) in [7, 11) is 0. The summed E-state index contributed by atoms with van der Waals surface area (Å²) in [6.07, 6.45) is -10.1. The molecule has 0 amide bonds. The molecule has 0 aliphatic carbocycles. The second-order valence-corrected chi connectivity index (χ2v) is 9.99. The minimum atomic E-state index is -5.07. The molecule has 0 saturated carbocycles. The van der Waals surface area contributed by atoms with Crippen molar-refractivity contribution in [1.29, 1.82) is 0 Å². The second-order valence-electron chi connectivity index (χ2n) is 9.18. The van der Waals surface area contributed by atoms with Crippen molar-refractivity contribution in [3.63, 3.8) is 0 Å². The molecule has 2 aromatic heterocycles. The van der Waals surface area contributed by atoms with Crippen LogP contribution in [0.4, 0.5) is 22.0 Å². The normalized spacial score (nSPS) is 22.9. The molecule has 224 valence electrons. The maximum Gasteiger partial charge on any atom is 0.573 e. The van der Waals surface area contributed by atoms with Crippen molar-refractivity contribution in [2.45, 2.75) is 43.7 Å². The van der Waals surface area contributed by atoms with Gasteiger partial charge in [0.1, 0.15) is 64.3 Å². The second kappa shape index (κ2) is 11.3. The smallest absolute Gasteiger partial charge is 0.403 e. The zero-order chi connectivity index (χ0) is 30.5. The molecule has 1 aliphatic heterocycles. The van der Waals surface area contributed by atoms with Crippen molar-refractivity contribution in [2.24, 2.45) is 0 Å². The predicted octanol–water partition coefficient (Wildman–Crippen LogP) is 3.71. The van der Waals surface area contributed by atoms with Crippen LogP contribution >= 0.6 is 23.2 Å². The van der Waals surface area contributed by atoms with Crippen LogP contribution in [-0.4, -0.2) is 76.4 Å². The van der Waals surface area contributed by atoms with Gasteiger partial charge in [0.05, 0.1) is 12.8 Å². The Bertz CT molecular complexity index is 1600. The van der Waals surface area contributed by atoms with Gasteiger partial charge < -0.3 is 24.8 Å². The fraction of sp³-hybridized carbons (Fsp3) is 0.333. The summed E-state index contributed by atoms with van der Waals surface area (Å²) in [4.78, 5) is 4.21. The fourth-order valence-corrected chi connectivity index (χ4v) is 4.82. The Morgan fingerprint density at radius 2 is 1.76 bits per heavy atom. The molecule has 0 bridgehead atoms. The number of hydrogen-bond acceptors (Lipinski definition) is 9. The molecule has 42 heavy (non-hydrogen) atoms. The third-order valence-corrected chi connectivity index (χ3v) is 6.95. The van der Waals surface area contributed by atoms with E-state index in [2.05, 4.69) is 25.1 Å². The quantitative estimate of drug-likeness (QED) is 0.213. The Labute approximate surface area is 242 Å². The Kier molecular flexibility index (Phi) is 8.12. The highest BCUT2D eigenvalue weighted by atomic mass is 35.5. The number of benzene rings is 2. The molecule has 18 heteroatoms. The van der Waals surface area contributed by atoms with Gasteiger partial charge in [0.2, 0.25) is 0 Å². The molecule has 1 aliphatic rings. The Morgan fingerprint density at radius 1 is 1.07 bits per heavy atom. The summed E-state index contributed by atoms with van der Waals surface area (Å²) in [5, 5.41) is 43.4. The van der Waals surface area contributed by atoms with Crippen molar-refractivity contribution >= 4 is 23.2 Å². The molecule has 5 atom stereocenters. The predicted molar refractivity (Wildman–Crippen MR) is 134 cm³/mol. The lowest BCUT2D eigenvalue weighted by Crippen LogP contribution is -2.53. The molecule has 4 aromatic rings. The fourth-order valence-electron chi connectivity index (χ4n) is 4.55. The van der Waals surface area contributed by atoms with Crippen LogP contribution in [0.15, 0.2) is 36.5 Å². The number of ether oxygens (including phenoxy) is 2. The van der Waals surface area contributed by atoms with E-state index in [9.17, 15) is 37.3 Å². The van der Waals surface area contributed by atoms with Gasteiger partial charge in [-0.2, -0.15) is 5.10 Å². The molecule has 5 rings (SSSR count). The summed E-state index contributed by atoms with van der Waals surface area (Å²) in [6.45, 7) is 0.663. The topological polar surface area (TPSA) is 141 Å². The molecule has 11 nitrogen and oxygen atoms in total. The third-order valence-electron chi connectivity index (χ3n) is 6.36. The lowest BCUT2D eigenvalue weighted by atomic mass is 9.92. The minimum absolute atomic E-state index is 0.0236. The van der Waals surface area contributed by atoms with Gasteiger partial charge in [-0.25, -0.2) is 23.1 Å². The molecule has 0 spiro atoms. The van der Waals surface area contributed by atoms with Crippen LogP contribution in [0.25, 0.3) is 16.9 Å². The van der Waals surface area contributed by atoms with Crippen LogP contribution in [0.1, 0.15) is 23.8 Å². The Balaban J connectivity index is 1.56. The number of aromatic nitrogens is 6. The molecule has 1 fully saturated rings. The SMILES string of the molecule is Cc1nc([C@@H]2O[C@H](CO)[C@H](O)[C@H](n3cc(-c4cc(F)c(Cl)c(F)c4)nn3)[C@H]2O)n(-c2cc(Cl)ccc2OC(F)(F)F)n1. The van der Waals surface area contributed by atoms with Crippen molar-refractivity contribution in [3.8, 4) is 22.7 Å². The van der Waals surface area contributed by atoms with Crippen molar-refractivity contribution < 1.29 is 46.7 Å². The molecule has 3 N–H and O–H groups in total. The monoisotopic (exact) mass is 636 g/mol. The van der Waals surface area contributed by atoms with Crippen LogP contribution in [0.2, 0.25) is 10.0 Å². The van der Waals surface area contributed by atoms with Crippen molar-refractivity contribution in [3.05, 3.63) is 69.9 Å². The van der Waals surface area contributed by atoms with E-state index in [1.807, 2.05) is 0 Å². The standard InChI is InChI=1S/C24H19Cl2F5N6O5/c1-9-32-23(37(34-9)15-6-11(25)2-3-16(15)42-24(29,30)31)22-21(40)19(20(39)17(8-38)41-22)36-7-14(33-35-36)10-4-12(27)18(26)13(28)5-10/h2-7,17,19-22,38-40H,8H2,1H3/t17-,19+,20+,21-,22-/m1/s1. The number of nitrogens with zero attached hydrogens (tertiary/aromatic N) is 6. The highest BCUT2D eigenvalue weighted by Gasteiger charge is 2.48. The molecular formula is C24H19Cl2F5N6O5. The number of alkyl halides is 3. The van der Waals surface area contributed by atoms with E-state index in [1.165, 1.54) is 13.1 Å². The first-order chi connectivity index (χ1) is 19.8. The molecule has 1 saturated heterocycles. The van der Waals surface area contributed by atoms with E-state index >= 15 is 0 Å². The largest absolute Gasteiger partial charge is 0.573 e.